The van der Waals surface area contributed by atoms with E-state index >= 15 is 0 Å². The first-order valence-corrected chi connectivity index (χ1v) is 6.86. The van der Waals surface area contributed by atoms with Gasteiger partial charge in [0, 0.05) is 25.4 Å². The summed E-state index contributed by atoms with van der Waals surface area (Å²) >= 11 is 0. The highest BCUT2D eigenvalue weighted by atomic mass is 16.5. The maximum Gasteiger partial charge on any atom is 0.257 e. The molecule has 0 N–H and O–H groups in total. The molecule has 5 heteroatoms. The van der Waals surface area contributed by atoms with Gasteiger partial charge in [-0.05, 0) is 19.9 Å². The van der Waals surface area contributed by atoms with E-state index in [1.807, 2.05) is 45.2 Å². The molecule has 0 saturated heterocycles. The van der Waals surface area contributed by atoms with E-state index in [0.29, 0.717) is 5.56 Å². The molecule has 112 valence electrons. The Bertz CT molecular complexity index is 649. The Morgan fingerprint density at radius 3 is 2.62 bits per heavy atom. The summed E-state index contributed by atoms with van der Waals surface area (Å²) in [5.41, 5.74) is 2.47. The molecule has 2 rings (SSSR count). The average molecular weight is 287 g/mol. The van der Waals surface area contributed by atoms with E-state index in [2.05, 4.69) is 5.10 Å². The van der Waals surface area contributed by atoms with Crippen LogP contribution in [0.2, 0.25) is 0 Å². The summed E-state index contributed by atoms with van der Waals surface area (Å²) in [5, 5.41) is 4.13. The first-order valence-electron chi connectivity index (χ1n) is 6.86. The molecule has 0 radical (unpaired) electrons. The number of para-hydroxylation sites is 1. The zero-order chi connectivity index (χ0) is 15.6. The second-order valence-electron chi connectivity index (χ2n) is 5.10. The third-order valence-corrected chi connectivity index (χ3v) is 3.96. The largest absolute Gasteiger partial charge is 0.496 e. The minimum atomic E-state index is -0.0896. The predicted octanol–water partition coefficient (Wildman–Crippen LogP) is 2.57. The van der Waals surface area contributed by atoms with Crippen LogP contribution < -0.4 is 4.74 Å². The number of hydrogen-bond acceptors (Lipinski definition) is 3. The summed E-state index contributed by atoms with van der Waals surface area (Å²) in [5.74, 6) is 0.742. The van der Waals surface area contributed by atoms with Gasteiger partial charge in [-0.2, -0.15) is 5.10 Å². The van der Waals surface area contributed by atoms with Gasteiger partial charge >= 0.3 is 0 Å². The van der Waals surface area contributed by atoms with Crippen molar-refractivity contribution in [1.82, 2.24) is 14.7 Å². The number of benzene rings is 1. The van der Waals surface area contributed by atoms with E-state index < -0.39 is 0 Å². The molecule has 1 heterocycles. The van der Waals surface area contributed by atoms with Crippen molar-refractivity contribution in [3.05, 3.63) is 47.3 Å². The summed E-state index contributed by atoms with van der Waals surface area (Å²) in [6, 6.07) is 7.65. The van der Waals surface area contributed by atoms with Gasteiger partial charge in [0.2, 0.25) is 0 Å². The van der Waals surface area contributed by atoms with Gasteiger partial charge in [0.15, 0.2) is 0 Å². The van der Waals surface area contributed by atoms with Crippen LogP contribution in [0.25, 0.3) is 0 Å². The molecule has 2 aromatic rings. The lowest BCUT2D eigenvalue weighted by Gasteiger charge is -2.26. The van der Waals surface area contributed by atoms with Crippen molar-refractivity contribution in [3.63, 3.8) is 0 Å². The molecule has 0 bridgehead atoms. The highest BCUT2D eigenvalue weighted by Crippen LogP contribution is 2.29. The maximum atomic E-state index is 12.6. The van der Waals surface area contributed by atoms with Crippen LogP contribution in [0.5, 0.6) is 5.75 Å². The van der Waals surface area contributed by atoms with Gasteiger partial charge in [-0.3, -0.25) is 9.48 Å². The van der Waals surface area contributed by atoms with E-state index in [1.165, 1.54) is 0 Å². The van der Waals surface area contributed by atoms with Gasteiger partial charge in [-0.25, -0.2) is 0 Å². The Kier molecular flexibility index (Phi) is 4.31. The number of rotatable bonds is 4. The van der Waals surface area contributed by atoms with Gasteiger partial charge in [0.1, 0.15) is 5.75 Å². The van der Waals surface area contributed by atoms with Crippen molar-refractivity contribution < 1.29 is 9.53 Å². The van der Waals surface area contributed by atoms with Crippen molar-refractivity contribution in [2.45, 2.75) is 19.9 Å². The fourth-order valence-electron chi connectivity index (χ4n) is 2.29. The Morgan fingerprint density at radius 1 is 1.38 bits per heavy atom. The van der Waals surface area contributed by atoms with Gasteiger partial charge in [-0.15, -0.1) is 0 Å². The zero-order valence-corrected chi connectivity index (χ0v) is 13.1. The molecular weight excluding hydrogens is 266 g/mol. The fourth-order valence-corrected chi connectivity index (χ4v) is 2.29. The van der Waals surface area contributed by atoms with Crippen LogP contribution in [-0.4, -0.2) is 34.7 Å². The number of nitrogens with zero attached hydrogens (tertiary/aromatic N) is 3. The summed E-state index contributed by atoms with van der Waals surface area (Å²) in [7, 11) is 5.26. The summed E-state index contributed by atoms with van der Waals surface area (Å²) in [4.78, 5) is 14.3. The third kappa shape index (κ3) is 2.77. The van der Waals surface area contributed by atoms with Crippen LogP contribution in [-0.2, 0) is 7.05 Å². The van der Waals surface area contributed by atoms with Gasteiger partial charge < -0.3 is 9.64 Å². The Morgan fingerprint density at radius 2 is 2.05 bits per heavy atom. The molecule has 5 nitrogen and oxygen atoms in total. The highest BCUT2D eigenvalue weighted by molar-refractivity contribution is 5.95. The van der Waals surface area contributed by atoms with E-state index in [-0.39, 0.29) is 11.9 Å². The Labute approximate surface area is 125 Å². The molecule has 0 aliphatic rings. The van der Waals surface area contributed by atoms with Crippen LogP contribution in [0.3, 0.4) is 0 Å². The van der Waals surface area contributed by atoms with Gasteiger partial charge in [-0.1, -0.05) is 18.2 Å². The number of aryl methyl sites for hydroxylation is 1. The average Bonchev–Trinajstić information content (AvgIpc) is 2.84. The topological polar surface area (TPSA) is 47.4 Å². The van der Waals surface area contributed by atoms with Gasteiger partial charge in [0.05, 0.1) is 24.9 Å². The summed E-state index contributed by atoms with van der Waals surface area (Å²) < 4.78 is 7.08. The molecule has 21 heavy (non-hydrogen) atoms. The Hall–Kier alpha value is -2.30. The lowest BCUT2D eigenvalue weighted by atomic mass is 10.1. The molecule has 1 atom stereocenters. The monoisotopic (exact) mass is 287 g/mol. The molecule has 1 aromatic carbocycles. The normalized spacial score (nSPS) is 12.0. The second kappa shape index (κ2) is 5.99. The smallest absolute Gasteiger partial charge is 0.257 e. The van der Waals surface area contributed by atoms with Crippen molar-refractivity contribution in [2.75, 3.05) is 14.2 Å². The molecule has 0 saturated carbocycles. The van der Waals surface area contributed by atoms with Crippen LogP contribution >= 0.6 is 0 Å². The highest BCUT2D eigenvalue weighted by Gasteiger charge is 2.23. The van der Waals surface area contributed by atoms with Crippen molar-refractivity contribution >= 4 is 5.91 Å². The van der Waals surface area contributed by atoms with Crippen LogP contribution in [0.1, 0.15) is 34.6 Å². The number of amides is 1. The number of ether oxygens (including phenoxy) is 1. The second-order valence-corrected chi connectivity index (χ2v) is 5.10. The zero-order valence-electron chi connectivity index (χ0n) is 13.1. The number of hydrogen-bond donors (Lipinski definition) is 0. The van der Waals surface area contributed by atoms with Gasteiger partial charge in [0.25, 0.3) is 5.91 Å². The lowest BCUT2D eigenvalue weighted by molar-refractivity contribution is 0.0740. The summed E-state index contributed by atoms with van der Waals surface area (Å²) in [6.07, 6.45) is 1.61. The molecule has 0 unspecified atom stereocenters. The number of aromatic nitrogens is 2. The van der Waals surface area contributed by atoms with Crippen LogP contribution in [0.4, 0.5) is 0 Å². The van der Waals surface area contributed by atoms with Crippen molar-refractivity contribution in [1.29, 1.82) is 0 Å². The molecule has 0 aliphatic carbocycles. The molecule has 1 aromatic heterocycles. The fraction of sp³-hybridized carbons (Fsp3) is 0.375. The Balaban J connectivity index is 2.29. The van der Waals surface area contributed by atoms with E-state index in [1.54, 1.807) is 29.9 Å². The first-order chi connectivity index (χ1) is 9.97. The van der Waals surface area contributed by atoms with E-state index in [0.717, 1.165) is 17.0 Å². The lowest BCUT2D eigenvalue weighted by Crippen LogP contribution is -2.30. The van der Waals surface area contributed by atoms with Crippen molar-refractivity contribution in [3.8, 4) is 5.75 Å². The minimum Gasteiger partial charge on any atom is -0.496 e. The minimum absolute atomic E-state index is 0.0426. The van der Waals surface area contributed by atoms with E-state index in [9.17, 15) is 4.79 Å². The number of methoxy groups -OCH3 is 1. The maximum absolute atomic E-state index is 12.6. The summed E-state index contributed by atoms with van der Waals surface area (Å²) in [6.45, 7) is 3.88. The molecule has 1 amide bonds. The first kappa shape index (κ1) is 15.1. The van der Waals surface area contributed by atoms with Crippen LogP contribution in [0, 0.1) is 6.92 Å². The van der Waals surface area contributed by atoms with Crippen molar-refractivity contribution in [2.24, 2.45) is 7.05 Å². The standard InChI is InChI=1S/C16H21N3O2/c1-11(13-8-6-7-9-15(13)21-5)18(3)16(20)14-10-17-19(4)12(14)2/h6-11H,1-5H3/t11-/m0/s1. The molecular formula is C16H21N3O2. The molecule has 0 aliphatic heterocycles. The SMILES string of the molecule is COc1ccccc1[C@H](C)N(C)C(=O)c1cnn(C)c1C. The number of carbonyl (C=O) groups excluding carboxylic acids is 1. The quantitative estimate of drug-likeness (QED) is 0.868. The molecule has 0 spiro atoms. The molecule has 0 fully saturated rings. The predicted molar refractivity (Wildman–Crippen MR) is 81.4 cm³/mol. The third-order valence-electron chi connectivity index (χ3n) is 3.96. The van der Waals surface area contributed by atoms with Crippen LogP contribution in [0.15, 0.2) is 30.5 Å². The van der Waals surface area contributed by atoms with E-state index in [4.69, 9.17) is 4.74 Å². The number of carbonyl (C=O) groups is 1.